The maximum atomic E-state index is 11.6. The summed E-state index contributed by atoms with van der Waals surface area (Å²) in [4.78, 5) is 11.6. The quantitative estimate of drug-likeness (QED) is 0.841. The summed E-state index contributed by atoms with van der Waals surface area (Å²) in [5.74, 6) is 1.37. The molecule has 1 aromatic carbocycles. The number of nitrogens with two attached hydrogens (primary N) is 1. The number of benzene rings is 1. The van der Waals surface area contributed by atoms with Gasteiger partial charge in [0.1, 0.15) is 11.5 Å². The van der Waals surface area contributed by atoms with Crippen molar-refractivity contribution in [1.82, 2.24) is 5.32 Å². The highest BCUT2D eigenvalue weighted by Gasteiger charge is 2.19. The summed E-state index contributed by atoms with van der Waals surface area (Å²) in [6.45, 7) is 2.08. The van der Waals surface area contributed by atoms with Gasteiger partial charge in [-0.1, -0.05) is 0 Å². The standard InChI is InChI=1S/C16H24N2O3.ClH/c1-11(17)16(19)18-10-12-7-8-14(20-2)9-15(12)21-13-5-3-4-6-13;/h7-9,11,13H,3-6,10,17H2,1-2H3,(H,18,19);1H/t11-;/m1./s1. The smallest absolute Gasteiger partial charge is 0.236 e. The first-order valence-electron chi connectivity index (χ1n) is 7.47. The van der Waals surface area contributed by atoms with Crippen LogP contribution in [0.1, 0.15) is 38.2 Å². The van der Waals surface area contributed by atoms with Gasteiger partial charge in [-0.05, 0) is 44.7 Å². The van der Waals surface area contributed by atoms with E-state index < -0.39 is 6.04 Å². The Hall–Kier alpha value is -1.46. The van der Waals surface area contributed by atoms with Crippen molar-refractivity contribution >= 4 is 18.3 Å². The van der Waals surface area contributed by atoms with Gasteiger partial charge in [0.25, 0.3) is 0 Å². The van der Waals surface area contributed by atoms with Crippen LogP contribution in [0.2, 0.25) is 0 Å². The van der Waals surface area contributed by atoms with Gasteiger partial charge in [0, 0.05) is 18.2 Å². The Kier molecular flexibility index (Phi) is 7.48. The van der Waals surface area contributed by atoms with E-state index in [1.54, 1.807) is 14.0 Å². The van der Waals surface area contributed by atoms with Crippen LogP contribution in [0.15, 0.2) is 18.2 Å². The van der Waals surface area contributed by atoms with E-state index in [2.05, 4.69) is 5.32 Å². The molecule has 1 aliphatic rings. The first-order chi connectivity index (χ1) is 10.1. The summed E-state index contributed by atoms with van der Waals surface area (Å²) < 4.78 is 11.3. The second kappa shape index (κ2) is 8.86. The third-order valence-electron chi connectivity index (χ3n) is 3.74. The van der Waals surface area contributed by atoms with Gasteiger partial charge in [-0.15, -0.1) is 12.4 Å². The van der Waals surface area contributed by atoms with Gasteiger partial charge in [-0.2, -0.15) is 0 Å². The zero-order valence-corrected chi connectivity index (χ0v) is 13.9. The molecular formula is C16H25ClN2O3. The molecule has 0 saturated heterocycles. The highest BCUT2D eigenvalue weighted by Crippen LogP contribution is 2.29. The fraction of sp³-hybridized carbons (Fsp3) is 0.562. The molecule has 3 N–H and O–H groups in total. The second-order valence-electron chi connectivity index (χ2n) is 5.50. The first-order valence-corrected chi connectivity index (χ1v) is 7.47. The predicted molar refractivity (Wildman–Crippen MR) is 88.6 cm³/mol. The van der Waals surface area contributed by atoms with Crippen molar-refractivity contribution in [3.63, 3.8) is 0 Å². The van der Waals surface area contributed by atoms with Gasteiger partial charge in [-0.25, -0.2) is 0 Å². The van der Waals surface area contributed by atoms with Crippen LogP contribution in [0.3, 0.4) is 0 Å². The van der Waals surface area contributed by atoms with Gasteiger partial charge in [0.05, 0.1) is 19.3 Å². The van der Waals surface area contributed by atoms with Crippen molar-refractivity contribution < 1.29 is 14.3 Å². The molecule has 1 aromatic rings. The SMILES string of the molecule is COc1ccc(CNC(=O)[C@@H](C)N)c(OC2CCCC2)c1.Cl. The van der Waals surface area contributed by atoms with Crippen LogP contribution >= 0.6 is 12.4 Å². The second-order valence-corrected chi connectivity index (χ2v) is 5.50. The zero-order chi connectivity index (χ0) is 15.2. The largest absolute Gasteiger partial charge is 0.497 e. The van der Waals surface area contributed by atoms with E-state index in [4.69, 9.17) is 15.2 Å². The van der Waals surface area contributed by atoms with Gasteiger partial charge in [0.2, 0.25) is 5.91 Å². The molecule has 2 rings (SSSR count). The molecule has 22 heavy (non-hydrogen) atoms. The topological polar surface area (TPSA) is 73.6 Å². The van der Waals surface area contributed by atoms with Crippen molar-refractivity contribution in [3.8, 4) is 11.5 Å². The summed E-state index contributed by atoms with van der Waals surface area (Å²) in [5.41, 5.74) is 6.49. The number of methoxy groups -OCH3 is 1. The number of nitrogens with one attached hydrogen (secondary N) is 1. The van der Waals surface area contributed by atoms with Crippen molar-refractivity contribution in [2.75, 3.05) is 7.11 Å². The van der Waals surface area contributed by atoms with Crippen molar-refractivity contribution in [1.29, 1.82) is 0 Å². The lowest BCUT2D eigenvalue weighted by atomic mass is 10.1. The lowest BCUT2D eigenvalue weighted by Crippen LogP contribution is -2.37. The molecule has 124 valence electrons. The minimum Gasteiger partial charge on any atom is -0.497 e. The molecule has 0 heterocycles. The minimum atomic E-state index is -0.512. The van der Waals surface area contributed by atoms with E-state index >= 15 is 0 Å². The lowest BCUT2D eigenvalue weighted by Gasteiger charge is -2.18. The Balaban J connectivity index is 0.00000242. The maximum absolute atomic E-state index is 11.6. The number of hydrogen-bond donors (Lipinski definition) is 2. The van der Waals surface area contributed by atoms with Crippen LogP contribution < -0.4 is 20.5 Å². The molecule has 0 spiro atoms. The summed E-state index contributed by atoms with van der Waals surface area (Å²) in [7, 11) is 1.63. The normalized spacial score (nSPS) is 15.8. The molecule has 6 heteroatoms. The fourth-order valence-corrected chi connectivity index (χ4v) is 2.45. The van der Waals surface area contributed by atoms with Crippen molar-refractivity contribution in [2.45, 2.75) is 51.3 Å². The molecule has 1 saturated carbocycles. The predicted octanol–water partition coefficient (Wildman–Crippen LogP) is 2.40. The van der Waals surface area contributed by atoms with Gasteiger partial charge >= 0.3 is 0 Å². The van der Waals surface area contributed by atoms with Gasteiger partial charge in [0.15, 0.2) is 0 Å². The number of hydrogen-bond acceptors (Lipinski definition) is 4. The molecular weight excluding hydrogens is 304 g/mol. The van der Waals surface area contributed by atoms with Gasteiger partial charge in [-0.3, -0.25) is 4.79 Å². The molecule has 1 fully saturated rings. The van der Waals surface area contributed by atoms with Crippen LogP contribution in [-0.2, 0) is 11.3 Å². The molecule has 0 unspecified atom stereocenters. The summed E-state index contributed by atoms with van der Waals surface area (Å²) in [6.07, 6.45) is 4.86. The van der Waals surface area contributed by atoms with Crippen LogP contribution in [0, 0.1) is 0 Å². The van der Waals surface area contributed by atoms with Crippen LogP contribution in [0.4, 0.5) is 0 Å². The Morgan fingerprint density at radius 2 is 2.09 bits per heavy atom. The van der Waals surface area contributed by atoms with E-state index in [0.29, 0.717) is 6.54 Å². The molecule has 0 radical (unpaired) electrons. The highest BCUT2D eigenvalue weighted by atomic mass is 35.5. The van der Waals surface area contributed by atoms with E-state index in [0.717, 1.165) is 29.9 Å². The minimum absolute atomic E-state index is 0. The monoisotopic (exact) mass is 328 g/mol. The molecule has 0 aromatic heterocycles. The summed E-state index contributed by atoms with van der Waals surface area (Å²) in [5, 5.41) is 2.82. The summed E-state index contributed by atoms with van der Waals surface area (Å²) in [6, 6.07) is 5.16. The average Bonchev–Trinajstić information content (AvgIpc) is 2.98. The van der Waals surface area contributed by atoms with Crippen molar-refractivity contribution in [3.05, 3.63) is 23.8 Å². The number of carbonyl (C=O) groups is 1. The Bertz CT molecular complexity index is 488. The van der Waals surface area contributed by atoms with E-state index in [-0.39, 0.29) is 24.4 Å². The maximum Gasteiger partial charge on any atom is 0.236 e. The summed E-state index contributed by atoms with van der Waals surface area (Å²) >= 11 is 0. The fourth-order valence-electron chi connectivity index (χ4n) is 2.45. The first kappa shape index (κ1) is 18.6. The average molecular weight is 329 g/mol. The highest BCUT2D eigenvalue weighted by molar-refractivity contribution is 5.85. The van der Waals surface area contributed by atoms with Crippen LogP contribution in [-0.4, -0.2) is 25.2 Å². The lowest BCUT2D eigenvalue weighted by molar-refractivity contribution is -0.122. The number of amides is 1. The number of carbonyl (C=O) groups excluding carboxylic acids is 1. The molecule has 0 aliphatic heterocycles. The molecule has 5 nitrogen and oxygen atoms in total. The number of halogens is 1. The molecule has 1 atom stereocenters. The van der Waals surface area contributed by atoms with E-state index in [1.165, 1.54) is 12.8 Å². The van der Waals surface area contributed by atoms with Gasteiger partial charge < -0.3 is 20.5 Å². The Labute approximate surface area is 138 Å². The number of rotatable bonds is 6. The van der Waals surface area contributed by atoms with Crippen LogP contribution in [0.25, 0.3) is 0 Å². The van der Waals surface area contributed by atoms with Crippen LogP contribution in [0.5, 0.6) is 11.5 Å². The van der Waals surface area contributed by atoms with E-state index in [9.17, 15) is 4.79 Å². The molecule has 1 aliphatic carbocycles. The number of ether oxygens (including phenoxy) is 2. The molecule has 1 amide bonds. The van der Waals surface area contributed by atoms with Crippen molar-refractivity contribution in [2.24, 2.45) is 5.73 Å². The zero-order valence-electron chi connectivity index (χ0n) is 13.1. The van der Waals surface area contributed by atoms with E-state index in [1.807, 2.05) is 18.2 Å². The Morgan fingerprint density at radius 1 is 1.41 bits per heavy atom. The third-order valence-corrected chi connectivity index (χ3v) is 3.74. The Morgan fingerprint density at radius 3 is 2.68 bits per heavy atom. The molecule has 0 bridgehead atoms. The third kappa shape index (κ3) is 5.07.